The van der Waals surface area contributed by atoms with Crippen LogP contribution in [0.3, 0.4) is 0 Å². The van der Waals surface area contributed by atoms with E-state index in [1.54, 1.807) is 7.11 Å². The smallest absolute Gasteiger partial charge is 0.120 e. The zero-order valence-electron chi connectivity index (χ0n) is 13.0. The fourth-order valence-corrected chi connectivity index (χ4v) is 2.55. The number of hydrogen-bond donors (Lipinski definition) is 1. The summed E-state index contributed by atoms with van der Waals surface area (Å²) in [6.45, 7) is 0.980. The van der Waals surface area contributed by atoms with Crippen molar-refractivity contribution >= 4 is 5.69 Å². The Morgan fingerprint density at radius 2 is 1.86 bits per heavy atom. The molecule has 0 aliphatic carbocycles. The highest BCUT2D eigenvalue weighted by molar-refractivity contribution is 5.52. The molecule has 0 heterocycles. The number of ether oxygens (including phenoxy) is 1. The van der Waals surface area contributed by atoms with Gasteiger partial charge in [-0.3, -0.25) is 0 Å². The van der Waals surface area contributed by atoms with Crippen LogP contribution in [0.1, 0.15) is 18.0 Å². The molecule has 2 aromatic rings. The number of anilines is 1. The molecule has 0 bridgehead atoms. The first-order valence-corrected chi connectivity index (χ1v) is 7.32. The molecule has 1 unspecified atom stereocenters. The second-order valence-corrected chi connectivity index (χ2v) is 5.13. The molecule has 3 nitrogen and oxygen atoms in total. The van der Waals surface area contributed by atoms with Crippen LogP contribution in [0.2, 0.25) is 0 Å². The number of hydrogen-bond acceptors (Lipinski definition) is 3. The molecule has 0 aliphatic heterocycles. The van der Waals surface area contributed by atoms with Gasteiger partial charge in [-0.2, -0.15) is 0 Å². The van der Waals surface area contributed by atoms with Crippen molar-refractivity contribution in [1.82, 2.24) is 5.32 Å². The Kier molecular flexibility index (Phi) is 5.64. The summed E-state index contributed by atoms with van der Waals surface area (Å²) in [7, 11) is 5.84. The zero-order chi connectivity index (χ0) is 15.1. The van der Waals surface area contributed by atoms with Crippen LogP contribution in [0.4, 0.5) is 5.69 Å². The largest absolute Gasteiger partial charge is 0.497 e. The highest BCUT2D eigenvalue weighted by atomic mass is 16.5. The van der Waals surface area contributed by atoms with Crippen LogP contribution in [0.25, 0.3) is 0 Å². The van der Waals surface area contributed by atoms with E-state index in [4.69, 9.17) is 4.74 Å². The van der Waals surface area contributed by atoms with E-state index in [-0.39, 0.29) is 0 Å². The quantitative estimate of drug-likeness (QED) is 0.842. The molecule has 0 saturated carbocycles. The lowest BCUT2D eigenvalue weighted by molar-refractivity contribution is 0.414. The highest BCUT2D eigenvalue weighted by Gasteiger charge is 2.17. The van der Waals surface area contributed by atoms with Crippen molar-refractivity contribution in [2.75, 3.05) is 32.6 Å². The first kappa shape index (κ1) is 15.4. The standard InChI is InChI=1S/C18H24N2O/c1-19-13-12-18(15-8-5-4-6-9-15)20(2)16-10-7-11-17(14-16)21-3/h4-11,14,18-19H,12-13H2,1-3H3. The van der Waals surface area contributed by atoms with Crippen molar-refractivity contribution in [3.05, 3.63) is 60.2 Å². The van der Waals surface area contributed by atoms with Crippen LogP contribution in [-0.4, -0.2) is 27.7 Å². The van der Waals surface area contributed by atoms with E-state index in [1.807, 2.05) is 19.2 Å². The lowest BCUT2D eigenvalue weighted by Gasteiger charge is -2.31. The van der Waals surface area contributed by atoms with E-state index in [0.29, 0.717) is 6.04 Å². The average Bonchev–Trinajstić information content (AvgIpc) is 2.56. The highest BCUT2D eigenvalue weighted by Crippen LogP contribution is 2.30. The Bertz CT molecular complexity index is 542. The molecule has 2 aromatic carbocycles. The van der Waals surface area contributed by atoms with Crippen LogP contribution in [0.15, 0.2) is 54.6 Å². The third-order valence-electron chi connectivity index (χ3n) is 3.78. The first-order chi connectivity index (χ1) is 10.3. The van der Waals surface area contributed by atoms with E-state index < -0.39 is 0 Å². The van der Waals surface area contributed by atoms with E-state index in [9.17, 15) is 0 Å². The van der Waals surface area contributed by atoms with Gasteiger partial charge in [0.1, 0.15) is 5.75 Å². The summed E-state index contributed by atoms with van der Waals surface area (Å²) in [5.41, 5.74) is 2.50. The summed E-state index contributed by atoms with van der Waals surface area (Å²) >= 11 is 0. The minimum atomic E-state index is 0.339. The third kappa shape index (κ3) is 3.99. The van der Waals surface area contributed by atoms with Crippen LogP contribution in [0.5, 0.6) is 5.75 Å². The van der Waals surface area contributed by atoms with Crippen LogP contribution in [-0.2, 0) is 0 Å². The topological polar surface area (TPSA) is 24.5 Å². The molecule has 3 heteroatoms. The summed E-state index contributed by atoms with van der Waals surface area (Å²) < 4.78 is 5.33. The second-order valence-electron chi connectivity index (χ2n) is 5.13. The van der Waals surface area contributed by atoms with Crippen LogP contribution in [0, 0.1) is 0 Å². The summed E-state index contributed by atoms with van der Waals surface area (Å²) in [6, 6.07) is 19.2. The maximum atomic E-state index is 5.33. The summed E-state index contributed by atoms with van der Waals surface area (Å²) in [6.07, 6.45) is 1.05. The van der Waals surface area contributed by atoms with Gasteiger partial charge in [0.15, 0.2) is 0 Å². The van der Waals surface area contributed by atoms with E-state index in [0.717, 1.165) is 18.7 Å². The summed E-state index contributed by atoms with van der Waals surface area (Å²) in [5, 5.41) is 3.25. The predicted octanol–water partition coefficient (Wildman–Crippen LogP) is 3.48. The third-order valence-corrected chi connectivity index (χ3v) is 3.78. The van der Waals surface area contributed by atoms with E-state index in [2.05, 4.69) is 59.7 Å². The van der Waals surface area contributed by atoms with Crippen LogP contribution < -0.4 is 15.0 Å². The van der Waals surface area contributed by atoms with Gasteiger partial charge in [-0.15, -0.1) is 0 Å². The van der Waals surface area contributed by atoms with Gasteiger partial charge >= 0.3 is 0 Å². The molecule has 0 amide bonds. The Labute approximate surface area is 127 Å². The van der Waals surface area contributed by atoms with E-state index in [1.165, 1.54) is 11.3 Å². The number of methoxy groups -OCH3 is 1. The van der Waals surface area contributed by atoms with Crippen molar-refractivity contribution < 1.29 is 4.74 Å². The number of nitrogens with one attached hydrogen (secondary N) is 1. The minimum absolute atomic E-state index is 0.339. The summed E-state index contributed by atoms with van der Waals surface area (Å²) in [4.78, 5) is 2.31. The SMILES string of the molecule is CNCCC(c1ccccc1)N(C)c1cccc(OC)c1. The van der Waals surface area contributed by atoms with Crippen molar-refractivity contribution in [2.24, 2.45) is 0 Å². The molecule has 1 atom stereocenters. The van der Waals surface area contributed by atoms with Gasteiger partial charge in [0, 0.05) is 18.8 Å². The molecule has 0 aliphatic rings. The van der Waals surface area contributed by atoms with Crippen molar-refractivity contribution in [1.29, 1.82) is 0 Å². The van der Waals surface area contributed by atoms with Gasteiger partial charge in [0.05, 0.1) is 13.2 Å². The number of rotatable bonds is 7. The molecule has 21 heavy (non-hydrogen) atoms. The van der Waals surface area contributed by atoms with Gasteiger partial charge < -0.3 is 15.0 Å². The lowest BCUT2D eigenvalue weighted by atomic mass is 10.0. The average molecular weight is 284 g/mol. The second kappa shape index (κ2) is 7.70. The Morgan fingerprint density at radius 1 is 1.10 bits per heavy atom. The summed E-state index contributed by atoms with van der Waals surface area (Å²) in [5.74, 6) is 0.889. The number of benzene rings is 2. The zero-order valence-corrected chi connectivity index (χ0v) is 13.0. The minimum Gasteiger partial charge on any atom is -0.497 e. The van der Waals surface area contributed by atoms with Crippen molar-refractivity contribution in [3.8, 4) is 5.75 Å². The molecule has 0 fully saturated rings. The Morgan fingerprint density at radius 3 is 2.52 bits per heavy atom. The molecule has 2 rings (SSSR count). The molecule has 0 aromatic heterocycles. The van der Waals surface area contributed by atoms with E-state index >= 15 is 0 Å². The molecular formula is C18H24N2O. The molecular weight excluding hydrogens is 260 g/mol. The van der Waals surface area contributed by atoms with Gasteiger partial charge in [-0.1, -0.05) is 36.4 Å². The lowest BCUT2D eigenvalue weighted by Crippen LogP contribution is -2.27. The molecule has 1 N–H and O–H groups in total. The normalized spacial score (nSPS) is 12.0. The Balaban J connectivity index is 2.26. The molecule has 0 saturated heterocycles. The fourth-order valence-electron chi connectivity index (χ4n) is 2.55. The predicted molar refractivity (Wildman–Crippen MR) is 89.1 cm³/mol. The monoisotopic (exact) mass is 284 g/mol. The van der Waals surface area contributed by atoms with Gasteiger partial charge in [0.2, 0.25) is 0 Å². The number of nitrogens with zero attached hydrogens (tertiary/aromatic N) is 1. The molecule has 112 valence electrons. The van der Waals surface area contributed by atoms with Crippen molar-refractivity contribution in [2.45, 2.75) is 12.5 Å². The Hall–Kier alpha value is -2.00. The molecule has 0 spiro atoms. The van der Waals surface area contributed by atoms with Gasteiger partial charge in [-0.25, -0.2) is 0 Å². The maximum absolute atomic E-state index is 5.33. The molecule has 0 radical (unpaired) electrons. The first-order valence-electron chi connectivity index (χ1n) is 7.32. The maximum Gasteiger partial charge on any atom is 0.120 e. The fraction of sp³-hybridized carbons (Fsp3) is 0.333. The van der Waals surface area contributed by atoms with Crippen molar-refractivity contribution in [3.63, 3.8) is 0 Å². The van der Waals surface area contributed by atoms with Gasteiger partial charge in [0.25, 0.3) is 0 Å². The van der Waals surface area contributed by atoms with Gasteiger partial charge in [-0.05, 0) is 37.7 Å². The van der Waals surface area contributed by atoms with Crippen LogP contribution >= 0.6 is 0 Å².